The highest BCUT2D eigenvalue weighted by molar-refractivity contribution is 5.77. The molecule has 1 aliphatic rings. The molecular formula is C14H17N5O2. The third-order valence-electron chi connectivity index (χ3n) is 3.24. The van der Waals surface area contributed by atoms with Crippen LogP contribution < -0.4 is 5.32 Å². The van der Waals surface area contributed by atoms with Crippen LogP contribution in [0.2, 0.25) is 0 Å². The fourth-order valence-electron chi connectivity index (χ4n) is 1.84. The first-order valence-electron chi connectivity index (χ1n) is 6.95. The van der Waals surface area contributed by atoms with E-state index in [0.29, 0.717) is 24.9 Å². The molecule has 0 bridgehead atoms. The van der Waals surface area contributed by atoms with Crippen LogP contribution in [-0.2, 0) is 16.1 Å². The normalized spacial score (nSPS) is 14.1. The Morgan fingerprint density at radius 1 is 1.43 bits per heavy atom. The predicted octanol–water partition coefficient (Wildman–Crippen LogP) is 0.705. The average Bonchev–Trinajstić information content (AvgIpc) is 3.16. The maximum atomic E-state index is 11.6. The van der Waals surface area contributed by atoms with Crippen molar-refractivity contribution >= 4 is 5.91 Å². The first-order chi connectivity index (χ1) is 10.3. The Labute approximate surface area is 122 Å². The van der Waals surface area contributed by atoms with E-state index in [-0.39, 0.29) is 12.5 Å². The van der Waals surface area contributed by atoms with Crippen molar-refractivity contribution in [3.63, 3.8) is 0 Å². The number of pyridine rings is 1. The maximum Gasteiger partial charge on any atom is 0.246 e. The minimum Gasteiger partial charge on any atom is -0.371 e. The molecule has 2 heterocycles. The summed E-state index contributed by atoms with van der Waals surface area (Å²) in [6.45, 7) is 1.26. The van der Waals surface area contributed by atoms with Gasteiger partial charge in [0.2, 0.25) is 5.91 Å². The van der Waals surface area contributed by atoms with Crippen LogP contribution in [0.1, 0.15) is 18.4 Å². The van der Waals surface area contributed by atoms with Gasteiger partial charge in [0.05, 0.1) is 6.61 Å². The van der Waals surface area contributed by atoms with Crippen molar-refractivity contribution in [3.8, 4) is 5.82 Å². The summed E-state index contributed by atoms with van der Waals surface area (Å²) in [5.41, 5.74) is 0.925. The second kappa shape index (κ2) is 6.45. The van der Waals surface area contributed by atoms with E-state index in [4.69, 9.17) is 4.74 Å². The standard InChI is InChI=1S/C14H17N5O2/c20-14(8-21-7-11-1-2-11)17-6-12-3-4-13(16-5-12)19-10-15-9-18-19/h3-5,9-11H,1-2,6-8H2,(H,17,20). The van der Waals surface area contributed by atoms with E-state index in [1.165, 1.54) is 19.2 Å². The van der Waals surface area contributed by atoms with Crippen molar-refractivity contribution in [2.24, 2.45) is 5.92 Å². The lowest BCUT2D eigenvalue weighted by Crippen LogP contribution is -2.27. The van der Waals surface area contributed by atoms with E-state index in [2.05, 4.69) is 20.4 Å². The van der Waals surface area contributed by atoms with Gasteiger partial charge in [-0.25, -0.2) is 14.6 Å². The molecule has 0 saturated heterocycles. The van der Waals surface area contributed by atoms with Gasteiger partial charge in [0.1, 0.15) is 19.3 Å². The molecule has 0 spiro atoms. The molecule has 1 saturated carbocycles. The number of hydrogen-bond donors (Lipinski definition) is 1. The van der Waals surface area contributed by atoms with Gasteiger partial charge in [0, 0.05) is 12.7 Å². The van der Waals surface area contributed by atoms with Crippen LogP contribution in [0, 0.1) is 5.92 Å². The van der Waals surface area contributed by atoms with Crippen LogP contribution >= 0.6 is 0 Å². The molecule has 2 aromatic rings. The highest BCUT2D eigenvalue weighted by atomic mass is 16.5. The summed E-state index contributed by atoms with van der Waals surface area (Å²) in [6, 6.07) is 3.73. The molecule has 2 aromatic heterocycles. The van der Waals surface area contributed by atoms with E-state index in [1.807, 2.05) is 12.1 Å². The van der Waals surface area contributed by atoms with Gasteiger partial charge >= 0.3 is 0 Å². The zero-order valence-electron chi connectivity index (χ0n) is 11.6. The molecular weight excluding hydrogens is 270 g/mol. The van der Waals surface area contributed by atoms with E-state index in [9.17, 15) is 4.79 Å². The molecule has 7 heteroatoms. The molecule has 0 unspecified atom stereocenters. The number of aromatic nitrogens is 4. The van der Waals surface area contributed by atoms with Gasteiger partial charge in [-0.2, -0.15) is 5.10 Å². The van der Waals surface area contributed by atoms with Crippen molar-refractivity contribution in [1.82, 2.24) is 25.1 Å². The fourth-order valence-corrected chi connectivity index (χ4v) is 1.84. The van der Waals surface area contributed by atoms with E-state index < -0.39 is 0 Å². The number of carbonyl (C=O) groups excluding carboxylic acids is 1. The van der Waals surface area contributed by atoms with Gasteiger partial charge in [0.25, 0.3) is 0 Å². The van der Waals surface area contributed by atoms with Gasteiger partial charge < -0.3 is 10.1 Å². The van der Waals surface area contributed by atoms with Gasteiger partial charge in [-0.3, -0.25) is 4.79 Å². The number of amides is 1. The first kappa shape index (κ1) is 13.7. The van der Waals surface area contributed by atoms with Crippen LogP contribution in [0.25, 0.3) is 5.82 Å². The van der Waals surface area contributed by atoms with Crippen LogP contribution in [0.3, 0.4) is 0 Å². The largest absolute Gasteiger partial charge is 0.371 e. The number of ether oxygens (including phenoxy) is 1. The van der Waals surface area contributed by atoms with E-state index >= 15 is 0 Å². The predicted molar refractivity (Wildman–Crippen MR) is 74.5 cm³/mol. The Morgan fingerprint density at radius 3 is 3.00 bits per heavy atom. The maximum absolute atomic E-state index is 11.6. The van der Waals surface area contributed by atoms with Gasteiger partial charge in [0.15, 0.2) is 5.82 Å². The summed E-state index contributed by atoms with van der Waals surface area (Å²) < 4.78 is 6.91. The summed E-state index contributed by atoms with van der Waals surface area (Å²) in [4.78, 5) is 19.7. The van der Waals surface area contributed by atoms with E-state index in [1.54, 1.807) is 17.2 Å². The molecule has 3 rings (SSSR count). The zero-order chi connectivity index (χ0) is 14.5. The number of nitrogens with one attached hydrogen (secondary N) is 1. The molecule has 0 atom stereocenters. The third kappa shape index (κ3) is 4.09. The number of nitrogens with zero attached hydrogens (tertiary/aromatic N) is 4. The topological polar surface area (TPSA) is 81.9 Å². The quantitative estimate of drug-likeness (QED) is 0.811. The number of rotatable bonds is 7. The van der Waals surface area contributed by atoms with Gasteiger partial charge in [-0.05, 0) is 30.4 Å². The van der Waals surface area contributed by atoms with E-state index in [0.717, 1.165) is 5.56 Å². The second-order valence-electron chi connectivity index (χ2n) is 5.10. The van der Waals surface area contributed by atoms with Crippen molar-refractivity contribution < 1.29 is 9.53 Å². The Balaban J connectivity index is 1.43. The molecule has 21 heavy (non-hydrogen) atoms. The van der Waals surface area contributed by atoms with Crippen molar-refractivity contribution in [2.75, 3.05) is 13.2 Å². The summed E-state index contributed by atoms with van der Waals surface area (Å²) in [5, 5.41) is 6.81. The SMILES string of the molecule is O=C(COCC1CC1)NCc1ccc(-n2cncn2)nc1. The highest BCUT2D eigenvalue weighted by Gasteiger charge is 2.21. The Morgan fingerprint density at radius 2 is 2.33 bits per heavy atom. The average molecular weight is 287 g/mol. The molecule has 0 aromatic carbocycles. The third-order valence-corrected chi connectivity index (χ3v) is 3.24. The molecule has 7 nitrogen and oxygen atoms in total. The Kier molecular flexibility index (Phi) is 4.20. The summed E-state index contributed by atoms with van der Waals surface area (Å²) >= 11 is 0. The van der Waals surface area contributed by atoms with Gasteiger partial charge in [-0.15, -0.1) is 0 Å². The minimum absolute atomic E-state index is 0.101. The summed E-state index contributed by atoms with van der Waals surface area (Å²) in [7, 11) is 0. The van der Waals surface area contributed by atoms with Crippen molar-refractivity contribution in [3.05, 3.63) is 36.5 Å². The van der Waals surface area contributed by atoms with Crippen LogP contribution in [0.15, 0.2) is 31.0 Å². The molecule has 1 aliphatic carbocycles. The van der Waals surface area contributed by atoms with Gasteiger partial charge in [-0.1, -0.05) is 6.07 Å². The lowest BCUT2D eigenvalue weighted by atomic mass is 10.3. The van der Waals surface area contributed by atoms with Crippen molar-refractivity contribution in [1.29, 1.82) is 0 Å². The first-order valence-corrected chi connectivity index (χ1v) is 6.95. The smallest absolute Gasteiger partial charge is 0.246 e. The molecule has 1 fully saturated rings. The Hall–Kier alpha value is -2.28. The molecule has 1 amide bonds. The monoisotopic (exact) mass is 287 g/mol. The van der Waals surface area contributed by atoms with Crippen LogP contribution in [0.5, 0.6) is 0 Å². The summed E-state index contributed by atoms with van der Waals surface area (Å²) in [6.07, 6.45) is 7.21. The van der Waals surface area contributed by atoms with Crippen LogP contribution in [0.4, 0.5) is 0 Å². The zero-order valence-corrected chi connectivity index (χ0v) is 11.6. The number of hydrogen-bond acceptors (Lipinski definition) is 5. The fraction of sp³-hybridized carbons (Fsp3) is 0.429. The van der Waals surface area contributed by atoms with Crippen molar-refractivity contribution in [2.45, 2.75) is 19.4 Å². The summed E-state index contributed by atoms with van der Waals surface area (Å²) in [5.74, 6) is 1.26. The molecule has 1 N–H and O–H groups in total. The Bertz CT molecular complexity index is 578. The minimum atomic E-state index is -0.101. The van der Waals surface area contributed by atoms with Crippen LogP contribution in [-0.4, -0.2) is 38.9 Å². The second-order valence-corrected chi connectivity index (χ2v) is 5.10. The highest BCUT2D eigenvalue weighted by Crippen LogP contribution is 2.28. The molecule has 0 radical (unpaired) electrons. The molecule has 0 aliphatic heterocycles. The number of carbonyl (C=O) groups is 1. The molecule has 110 valence electrons. The lowest BCUT2D eigenvalue weighted by Gasteiger charge is -2.06. The lowest BCUT2D eigenvalue weighted by molar-refractivity contribution is -0.126.